The second-order valence-corrected chi connectivity index (χ2v) is 5.32. The summed E-state index contributed by atoms with van der Waals surface area (Å²) in [6, 6.07) is 5.17. The van der Waals surface area contributed by atoms with Crippen LogP contribution < -0.4 is 4.74 Å². The molecule has 3 rings (SSSR count). The van der Waals surface area contributed by atoms with E-state index in [1.165, 1.54) is 0 Å². The number of methoxy groups -OCH3 is 1. The molecule has 0 radical (unpaired) electrons. The lowest BCUT2D eigenvalue weighted by Crippen LogP contribution is -2.29. The quantitative estimate of drug-likeness (QED) is 0.870. The van der Waals surface area contributed by atoms with Crippen molar-refractivity contribution in [3.8, 4) is 5.75 Å². The Kier molecular flexibility index (Phi) is 3.79. The zero-order valence-electron chi connectivity index (χ0n) is 11.6. The molecule has 21 heavy (non-hydrogen) atoms. The van der Waals surface area contributed by atoms with Crippen LogP contribution in [0, 0.1) is 0 Å². The molecule has 0 bridgehead atoms. The van der Waals surface area contributed by atoms with Crippen molar-refractivity contribution in [2.45, 2.75) is 12.5 Å². The van der Waals surface area contributed by atoms with Gasteiger partial charge in [-0.05, 0) is 24.6 Å². The van der Waals surface area contributed by atoms with E-state index in [9.17, 15) is 4.79 Å². The molecule has 2 heterocycles. The summed E-state index contributed by atoms with van der Waals surface area (Å²) in [7, 11) is 1.54. The number of nitrogens with zero attached hydrogens (tertiary/aromatic N) is 4. The SMILES string of the molecule is COc1ccc(Cl)cc1C(=O)N1CCC(n2nccn2)C1. The van der Waals surface area contributed by atoms with E-state index in [2.05, 4.69) is 10.2 Å². The number of ether oxygens (including phenoxy) is 1. The first kappa shape index (κ1) is 13.9. The number of amides is 1. The molecule has 1 aliphatic rings. The van der Waals surface area contributed by atoms with Crippen LogP contribution in [0.25, 0.3) is 0 Å². The van der Waals surface area contributed by atoms with E-state index >= 15 is 0 Å². The average Bonchev–Trinajstić information content (AvgIpc) is 3.17. The third-order valence-electron chi connectivity index (χ3n) is 3.61. The van der Waals surface area contributed by atoms with E-state index in [-0.39, 0.29) is 11.9 Å². The van der Waals surface area contributed by atoms with Crippen LogP contribution in [0.1, 0.15) is 22.8 Å². The Labute approximate surface area is 127 Å². The minimum Gasteiger partial charge on any atom is -0.496 e. The van der Waals surface area contributed by atoms with Crippen molar-refractivity contribution in [1.82, 2.24) is 19.9 Å². The maximum Gasteiger partial charge on any atom is 0.257 e. The molecule has 7 heteroatoms. The summed E-state index contributed by atoms with van der Waals surface area (Å²) in [5, 5.41) is 8.79. The summed E-state index contributed by atoms with van der Waals surface area (Å²) in [4.78, 5) is 16.1. The Morgan fingerprint density at radius 3 is 2.86 bits per heavy atom. The standard InChI is InChI=1S/C14H15ClN4O2/c1-21-13-3-2-10(15)8-12(13)14(20)18-7-4-11(9-18)19-16-5-6-17-19/h2-3,5-6,8,11H,4,7,9H2,1H3. The highest BCUT2D eigenvalue weighted by Gasteiger charge is 2.30. The van der Waals surface area contributed by atoms with E-state index < -0.39 is 0 Å². The Morgan fingerprint density at radius 2 is 2.14 bits per heavy atom. The first-order valence-electron chi connectivity index (χ1n) is 6.67. The van der Waals surface area contributed by atoms with E-state index in [1.54, 1.807) is 47.4 Å². The number of carbonyl (C=O) groups excluding carboxylic acids is 1. The number of hydrogen-bond acceptors (Lipinski definition) is 4. The van der Waals surface area contributed by atoms with Crippen molar-refractivity contribution < 1.29 is 9.53 Å². The lowest BCUT2D eigenvalue weighted by atomic mass is 10.1. The molecule has 2 aromatic rings. The van der Waals surface area contributed by atoms with Crippen LogP contribution >= 0.6 is 11.6 Å². The fourth-order valence-corrected chi connectivity index (χ4v) is 2.72. The molecule has 1 fully saturated rings. The molecule has 0 aliphatic carbocycles. The van der Waals surface area contributed by atoms with Gasteiger partial charge in [0, 0.05) is 18.1 Å². The monoisotopic (exact) mass is 306 g/mol. The van der Waals surface area contributed by atoms with Crippen molar-refractivity contribution in [3.63, 3.8) is 0 Å². The number of carbonyl (C=O) groups is 1. The molecule has 1 aromatic carbocycles. The summed E-state index contributed by atoms with van der Waals surface area (Å²) < 4.78 is 5.24. The predicted octanol–water partition coefficient (Wildman–Crippen LogP) is 2.03. The first-order chi connectivity index (χ1) is 10.2. The number of hydrogen-bond donors (Lipinski definition) is 0. The number of aromatic nitrogens is 3. The fraction of sp³-hybridized carbons (Fsp3) is 0.357. The maximum absolute atomic E-state index is 12.6. The zero-order chi connectivity index (χ0) is 14.8. The second kappa shape index (κ2) is 5.73. The highest BCUT2D eigenvalue weighted by molar-refractivity contribution is 6.31. The van der Waals surface area contributed by atoms with Gasteiger partial charge in [-0.3, -0.25) is 4.79 Å². The highest BCUT2D eigenvalue weighted by Crippen LogP contribution is 2.27. The minimum atomic E-state index is -0.0796. The van der Waals surface area contributed by atoms with Crippen LogP contribution in [-0.2, 0) is 0 Å². The molecule has 1 unspecified atom stereocenters. The molecule has 6 nitrogen and oxygen atoms in total. The zero-order valence-corrected chi connectivity index (χ0v) is 12.3. The Morgan fingerprint density at radius 1 is 1.38 bits per heavy atom. The molecule has 1 aliphatic heterocycles. The predicted molar refractivity (Wildman–Crippen MR) is 77.6 cm³/mol. The Balaban J connectivity index is 1.79. The van der Waals surface area contributed by atoms with Crippen LogP contribution in [0.4, 0.5) is 0 Å². The van der Waals surface area contributed by atoms with Crippen molar-refractivity contribution in [3.05, 3.63) is 41.2 Å². The normalized spacial score (nSPS) is 18.0. The van der Waals surface area contributed by atoms with Crippen molar-refractivity contribution >= 4 is 17.5 Å². The number of rotatable bonds is 3. The minimum absolute atomic E-state index is 0.0796. The fourth-order valence-electron chi connectivity index (χ4n) is 2.55. The average molecular weight is 307 g/mol. The van der Waals surface area contributed by atoms with Crippen molar-refractivity contribution in [2.24, 2.45) is 0 Å². The molecule has 1 saturated heterocycles. The van der Waals surface area contributed by atoms with Gasteiger partial charge in [0.15, 0.2) is 0 Å². The summed E-state index contributed by atoms with van der Waals surface area (Å²) in [6.07, 6.45) is 4.12. The molecule has 1 amide bonds. The van der Waals surface area contributed by atoms with Gasteiger partial charge in [-0.2, -0.15) is 15.0 Å². The summed E-state index contributed by atoms with van der Waals surface area (Å²) >= 11 is 5.98. The molecular weight excluding hydrogens is 292 g/mol. The summed E-state index contributed by atoms with van der Waals surface area (Å²) in [5.41, 5.74) is 0.485. The largest absolute Gasteiger partial charge is 0.496 e. The Bertz CT molecular complexity index is 644. The van der Waals surface area contributed by atoms with Crippen molar-refractivity contribution in [2.75, 3.05) is 20.2 Å². The van der Waals surface area contributed by atoms with Gasteiger partial charge in [-0.15, -0.1) is 0 Å². The van der Waals surface area contributed by atoms with Crippen LogP contribution in [-0.4, -0.2) is 46.0 Å². The third kappa shape index (κ3) is 2.71. The van der Waals surface area contributed by atoms with E-state index in [0.29, 0.717) is 29.4 Å². The van der Waals surface area contributed by atoms with Gasteiger partial charge in [0.1, 0.15) is 5.75 Å². The molecule has 0 saturated carbocycles. The van der Waals surface area contributed by atoms with Crippen LogP contribution in [0.15, 0.2) is 30.6 Å². The van der Waals surface area contributed by atoms with Crippen molar-refractivity contribution in [1.29, 1.82) is 0 Å². The van der Waals surface area contributed by atoms with Crippen LogP contribution in [0.5, 0.6) is 5.75 Å². The van der Waals surface area contributed by atoms with Gasteiger partial charge in [0.25, 0.3) is 5.91 Å². The molecule has 1 atom stereocenters. The van der Waals surface area contributed by atoms with Gasteiger partial charge >= 0.3 is 0 Å². The number of likely N-dealkylation sites (tertiary alicyclic amines) is 1. The van der Waals surface area contributed by atoms with Gasteiger partial charge in [-0.1, -0.05) is 11.6 Å². The number of halogens is 1. The lowest BCUT2D eigenvalue weighted by molar-refractivity contribution is 0.0783. The topological polar surface area (TPSA) is 60.2 Å². The Hall–Kier alpha value is -2.08. The van der Waals surface area contributed by atoms with E-state index in [0.717, 1.165) is 6.42 Å². The van der Waals surface area contributed by atoms with Gasteiger partial charge < -0.3 is 9.64 Å². The second-order valence-electron chi connectivity index (χ2n) is 4.89. The molecule has 1 aromatic heterocycles. The highest BCUT2D eigenvalue weighted by atomic mass is 35.5. The van der Waals surface area contributed by atoms with Gasteiger partial charge in [0.2, 0.25) is 0 Å². The summed E-state index contributed by atoms with van der Waals surface area (Å²) in [5.74, 6) is 0.453. The molecule has 0 spiro atoms. The lowest BCUT2D eigenvalue weighted by Gasteiger charge is -2.18. The van der Waals surface area contributed by atoms with Crippen LogP contribution in [0.3, 0.4) is 0 Å². The molecular formula is C14H15ClN4O2. The van der Waals surface area contributed by atoms with Gasteiger partial charge in [-0.25, -0.2) is 0 Å². The molecule has 0 N–H and O–H groups in total. The summed E-state index contributed by atoms with van der Waals surface area (Å²) in [6.45, 7) is 1.25. The number of benzene rings is 1. The van der Waals surface area contributed by atoms with E-state index in [1.807, 2.05) is 0 Å². The first-order valence-corrected chi connectivity index (χ1v) is 7.05. The smallest absolute Gasteiger partial charge is 0.257 e. The van der Waals surface area contributed by atoms with Crippen LogP contribution in [0.2, 0.25) is 5.02 Å². The molecule has 110 valence electrons. The maximum atomic E-state index is 12.6. The third-order valence-corrected chi connectivity index (χ3v) is 3.84. The van der Waals surface area contributed by atoms with E-state index in [4.69, 9.17) is 16.3 Å². The van der Waals surface area contributed by atoms with Gasteiger partial charge in [0.05, 0.1) is 31.1 Å².